The first kappa shape index (κ1) is 11.5. The van der Waals surface area contributed by atoms with E-state index in [0.717, 1.165) is 36.8 Å². The third kappa shape index (κ3) is 2.59. The Balaban J connectivity index is 2.04. The Hall–Kier alpha value is -0.940. The van der Waals surface area contributed by atoms with Crippen molar-refractivity contribution in [3.8, 4) is 0 Å². The molecule has 16 heavy (non-hydrogen) atoms. The van der Waals surface area contributed by atoms with E-state index in [9.17, 15) is 4.79 Å². The van der Waals surface area contributed by atoms with Gasteiger partial charge in [-0.3, -0.25) is 4.79 Å². The second-order valence-electron chi connectivity index (χ2n) is 4.17. The quantitative estimate of drug-likeness (QED) is 0.876. The van der Waals surface area contributed by atoms with Crippen molar-refractivity contribution in [3.63, 3.8) is 0 Å². The number of nitrogens with one attached hydrogen (secondary N) is 1. The molecule has 5 heteroatoms. The van der Waals surface area contributed by atoms with Crippen molar-refractivity contribution in [2.45, 2.75) is 32.7 Å². The maximum Gasteiger partial charge on any atom is 0.226 e. The lowest BCUT2D eigenvalue weighted by molar-refractivity contribution is -0.116. The van der Waals surface area contributed by atoms with Crippen LogP contribution in [-0.4, -0.2) is 29.4 Å². The second kappa shape index (κ2) is 4.93. The van der Waals surface area contributed by atoms with Crippen molar-refractivity contribution in [1.29, 1.82) is 0 Å². The predicted octanol–water partition coefficient (Wildman–Crippen LogP) is 1.87. The van der Waals surface area contributed by atoms with Crippen LogP contribution in [0.25, 0.3) is 0 Å². The number of carbonyl (C=O) groups is 1. The van der Waals surface area contributed by atoms with Gasteiger partial charge in [-0.05, 0) is 13.5 Å². The highest BCUT2D eigenvalue weighted by Crippen LogP contribution is 2.27. The number of thiazole rings is 1. The fourth-order valence-corrected chi connectivity index (χ4v) is 2.89. The maximum absolute atomic E-state index is 11.4. The van der Waals surface area contributed by atoms with Gasteiger partial charge in [0.25, 0.3) is 0 Å². The molecule has 0 aliphatic carbocycles. The number of likely N-dealkylation sites (N-methyl/N-ethyl adjacent to an activating group) is 1. The van der Waals surface area contributed by atoms with Crippen LogP contribution >= 0.6 is 11.3 Å². The van der Waals surface area contributed by atoms with E-state index in [2.05, 4.69) is 22.2 Å². The summed E-state index contributed by atoms with van der Waals surface area (Å²) in [5.74, 6) is 0.0713. The number of amides is 1. The van der Waals surface area contributed by atoms with Crippen LogP contribution in [0, 0.1) is 0 Å². The molecule has 1 aromatic heterocycles. The molecule has 0 saturated carbocycles. The first-order valence-corrected chi connectivity index (χ1v) is 6.47. The van der Waals surface area contributed by atoms with Crippen LogP contribution < -0.4 is 5.32 Å². The van der Waals surface area contributed by atoms with Crippen LogP contribution in [0.3, 0.4) is 0 Å². The molecule has 0 atom stereocenters. The summed E-state index contributed by atoms with van der Waals surface area (Å²) >= 11 is 1.61. The van der Waals surface area contributed by atoms with Crippen molar-refractivity contribution < 1.29 is 4.79 Å². The third-order valence-electron chi connectivity index (χ3n) is 2.65. The van der Waals surface area contributed by atoms with E-state index >= 15 is 0 Å². The van der Waals surface area contributed by atoms with E-state index < -0.39 is 0 Å². The van der Waals surface area contributed by atoms with Gasteiger partial charge in [-0.15, -0.1) is 11.3 Å². The maximum atomic E-state index is 11.4. The van der Waals surface area contributed by atoms with Crippen molar-refractivity contribution in [2.75, 3.05) is 18.9 Å². The number of nitrogens with zero attached hydrogens (tertiary/aromatic N) is 2. The molecule has 0 fully saturated rings. The second-order valence-corrected chi connectivity index (χ2v) is 5.26. The molecule has 4 nitrogen and oxygen atoms in total. The normalized spacial score (nSPS) is 15.9. The lowest BCUT2D eigenvalue weighted by Gasteiger charge is -2.20. The van der Waals surface area contributed by atoms with E-state index in [0.29, 0.717) is 6.42 Å². The van der Waals surface area contributed by atoms with Gasteiger partial charge in [-0.1, -0.05) is 6.92 Å². The van der Waals surface area contributed by atoms with Gasteiger partial charge in [0.2, 0.25) is 5.91 Å². The Kier molecular flexibility index (Phi) is 3.56. The highest BCUT2D eigenvalue weighted by molar-refractivity contribution is 7.15. The number of anilines is 1. The number of rotatable bonds is 3. The lowest BCUT2D eigenvalue weighted by Crippen LogP contribution is -2.25. The van der Waals surface area contributed by atoms with E-state index in [4.69, 9.17) is 0 Å². The van der Waals surface area contributed by atoms with E-state index in [1.807, 2.05) is 6.92 Å². The molecule has 1 aromatic rings. The minimum Gasteiger partial charge on any atom is -0.302 e. The Morgan fingerprint density at radius 1 is 1.62 bits per heavy atom. The minimum atomic E-state index is 0.0713. The highest BCUT2D eigenvalue weighted by atomic mass is 32.1. The summed E-state index contributed by atoms with van der Waals surface area (Å²) in [6.45, 7) is 4.01. The van der Waals surface area contributed by atoms with Gasteiger partial charge in [0.05, 0.1) is 5.69 Å². The molecule has 1 aliphatic heterocycles. The summed E-state index contributed by atoms with van der Waals surface area (Å²) in [5.41, 5.74) is 1.16. The van der Waals surface area contributed by atoms with Gasteiger partial charge in [0.1, 0.15) is 0 Å². The third-order valence-corrected chi connectivity index (χ3v) is 3.64. The summed E-state index contributed by atoms with van der Waals surface area (Å²) in [5, 5.41) is 3.63. The molecule has 1 aliphatic rings. The van der Waals surface area contributed by atoms with Crippen LogP contribution in [-0.2, 0) is 17.8 Å². The smallest absolute Gasteiger partial charge is 0.226 e. The SMILES string of the molecule is CCCC(=O)Nc1nc2c(s1)CN(C)CC2. The van der Waals surface area contributed by atoms with Crippen molar-refractivity contribution in [2.24, 2.45) is 0 Å². The molecule has 2 rings (SSSR count). The predicted molar refractivity (Wildman–Crippen MR) is 65.7 cm³/mol. The number of hydrogen-bond donors (Lipinski definition) is 1. The standard InChI is InChI=1S/C11H17N3OS/c1-3-4-10(15)13-11-12-8-5-6-14(2)7-9(8)16-11/h3-7H2,1-2H3,(H,12,13,15). The number of hydrogen-bond acceptors (Lipinski definition) is 4. The van der Waals surface area contributed by atoms with Gasteiger partial charge in [0, 0.05) is 30.8 Å². The average Bonchev–Trinajstić information content (AvgIpc) is 2.59. The Morgan fingerprint density at radius 2 is 2.44 bits per heavy atom. The molecular formula is C11H17N3OS. The number of carbonyl (C=O) groups excluding carboxylic acids is 1. The topological polar surface area (TPSA) is 45.2 Å². The summed E-state index contributed by atoms with van der Waals surface area (Å²) in [6.07, 6.45) is 2.44. The Labute approximate surface area is 99.7 Å². The average molecular weight is 239 g/mol. The summed E-state index contributed by atoms with van der Waals surface area (Å²) in [4.78, 5) is 19.5. The van der Waals surface area contributed by atoms with Crippen LogP contribution in [0.4, 0.5) is 5.13 Å². The van der Waals surface area contributed by atoms with Gasteiger partial charge in [0.15, 0.2) is 5.13 Å². The molecule has 0 radical (unpaired) electrons. The largest absolute Gasteiger partial charge is 0.302 e. The van der Waals surface area contributed by atoms with E-state index in [1.165, 1.54) is 4.88 Å². The fraction of sp³-hybridized carbons (Fsp3) is 0.636. The molecule has 1 amide bonds. The first-order valence-electron chi connectivity index (χ1n) is 5.66. The van der Waals surface area contributed by atoms with E-state index in [-0.39, 0.29) is 5.91 Å². The van der Waals surface area contributed by atoms with Gasteiger partial charge in [-0.2, -0.15) is 0 Å². The zero-order valence-electron chi connectivity index (χ0n) is 9.75. The Bertz CT molecular complexity index is 389. The number of aromatic nitrogens is 1. The zero-order chi connectivity index (χ0) is 11.5. The molecule has 0 aromatic carbocycles. The summed E-state index contributed by atoms with van der Waals surface area (Å²) in [6, 6.07) is 0. The van der Waals surface area contributed by atoms with Crippen LogP contribution in [0.15, 0.2) is 0 Å². The van der Waals surface area contributed by atoms with Crippen LogP contribution in [0.1, 0.15) is 30.3 Å². The molecule has 2 heterocycles. The van der Waals surface area contributed by atoms with Gasteiger partial charge in [-0.25, -0.2) is 4.98 Å². The lowest BCUT2D eigenvalue weighted by atomic mass is 10.2. The Morgan fingerprint density at radius 3 is 3.19 bits per heavy atom. The zero-order valence-corrected chi connectivity index (χ0v) is 10.6. The van der Waals surface area contributed by atoms with Crippen LogP contribution in [0.5, 0.6) is 0 Å². The summed E-state index contributed by atoms with van der Waals surface area (Å²) in [7, 11) is 2.11. The van der Waals surface area contributed by atoms with Crippen molar-refractivity contribution in [1.82, 2.24) is 9.88 Å². The molecule has 0 unspecified atom stereocenters. The van der Waals surface area contributed by atoms with Crippen molar-refractivity contribution in [3.05, 3.63) is 10.6 Å². The molecular weight excluding hydrogens is 222 g/mol. The van der Waals surface area contributed by atoms with Crippen LogP contribution in [0.2, 0.25) is 0 Å². The molecule has 88 valence electrons. The molecule has 0 bridgehead atoms. The number of fused-ring (bicyclic) bond motifs is 1. The van der Waals surface area contributed by atoms with E-state index in [1.54, 1.807) is 11.3 Å². The van der Waals surface area contributed by atoms with Gasteiger partial charge < -0.3 is 10.2 Å². The molecule has 1 N–H and O–H groups in total. The first-order chi connectivity index (χ1) is 7.69. The van der Waals surface area contributed by atoms with Crippen molar-refractivity contribution >= 4 is 22.4 Å². The van der Waals surface area contributed by atoms with Gasteiger partial charge >= 0.3 is 0 Å². The summed E-state index contributed by atoms with van der Waals surface area (Å²) < 4.78 is 0. The minimum absolute atomic E-state index is 0.0713. The highest BCUT2D eigenvalue weighted by Gasteiger charge is 2.18. The monoisotopic (exact) mass is 239 g/mol. The molecule has 0 saturated heterocycles. The molecule has 0 spiro atoms. The fourth-order valence-electron chi connectivity index (χ4n) is 1.79.